The maximum Gasteiger partial charge on any atom is 0.325 e. The first-order valence-corrected chi connectivity index (χ1v) is 9.14. The summed E-state index contributed by atoms with van der Waals surface area (Å²) in [5.74, 6) is -0.497. The highest BCUT2D eigenvalue weighted by molar-refractivity contribution is 6.09. The lowest BCUT2D eigenvalue weighted by molar-refractivity contribution is -0.138. The summed E-state index contributed by atoms with van der Waals surface area (Å²) in [5, 5.41) is 2.75. The zero-order valence-corrected chi connectivity index (χ0v) is 16.5. The molecule has 0 unspecified atom stereocenters. The van der Waals surface area contributed by atoms with Gasteiger partial charge in [0, 0.05) is 25.0 Å². The van der Waals surface area contributed by atoms with Crippen molar-refractivity contribution in [2.24, 2.45) is 5.73 Å². The Morgan fingerprint density at radius 2 is 1.81 bits per heavy atom. The Morgan fingerprint density at radius 3 is 2.37 bits per heavy atom. The number of nitrogens with zero attached hydrogens (tertiary/aromatic N) is 2. The van der Waals surface area contributed by atoms with Crippen molar-refractivity contribution in [1.29, 1.82) is 0 Å². The SMILES string of the molecule is CCC1(CC)NC(=O)N(CC(=O)N2C[C@@H](N)[C@H](c3ccccc3)C2)C1=O.Cl. The molecule has 2 fully saturated rings. The number of benzene rings is 1. The van der Waals surface area contributed by atoms with E-state index in [1.807, 2.05) is 44.2 Å². The fraction of sp³-hybridized carbons (Fsp3) is 0.526. The van der Waals surface area contributed by atoms with Gasteiger partial charge in [-0.05, 0) is 18.4 Å². The zero-order valence-electron chi connectivity index (χ0n) is 15.7. The van der Waals surface area contributed by atoms with Gasteiger partial charge in [-0.2, -0.15) is 0 Å². The Balaban J connectivity index is 0.00000261. The van der Waals surface area contributed by atoms with Gasteiger partial charge in [0.15, 0.2) is 0 Å². The molecule has 2 aliphatic heterocycles. The number of urea groups is 1. The van der Waals surface area contributed by atoms with Gasteiger partial charge < -0.3 is 16.0 Å². The fourth-order valence-corrected chi connectivity index (χ4v) is 3.87. The van der Waals surface area contributed by atoms with Crippen LogP contribution in [0, 0.1) is 0 Å². The minimum absolute atomic E-state index is 0. The quantitative estimate of drug-likeness (QED) is 0.739. The molecule has 2 atom stereocenters. The third-order valence-corrected chi connectivity index (χ3v) is 5.69. The topological polar surface area (TPSA) is 95.7 Å². The standard InChI is InChI=1S/C19H26N4O3.ClH/c1-3-19(4-2)17(25)23(18(26)21-19)12-16(24)22-10-14(15(20)11-22)13-8-6-5-7-9-13;/h5-9,14-15H,3-4,10-12,20H2,1-2H3,(H,21,26);1H/t14-,15+;/m0./s1. The van der Waals surface area contributed by atoms with E-state index in [1.165, 1.54) is 0 Å². The first kappa shape index (κ1) is 21.2. The molecule has 3 N–H and O–H groups in total. The number of amides is 4. The van der Waals surface area contributed by atoms with Crippen LogP contribution in [-0.2, 0) is 9.59 Å². The van der Waals surface area contributed by atoms with Gasteiger partial charge in [-0.15, -0.1) is 12.4 Å². The molecule has 0 radical (unpaired) electrons. The molecule has 3 rings (SSSR count). The van der Waals surface area contributed by atoms with Crippen molar-refractivity contribution in [3.8, 4) is 0 Å². The van der Waals surface area contributed by atoms with Gasteiger partial charge in [0.2, 0.25) is 5.91 Å². The smallest absolute Gasteiger partial charge is 0.325 e. The summed E-state index contributed by atoms with van der Waals surface area (Å²) in [4.78, 5) is 40.3. The van der Waals surface area contributed by atoms with Gasteiger partial charge in [0.1, 0.15) is 12.1 Å². The van der Waals surface area contributed by atoms with E-state index in [0.717, 1.165) is 10.5 Å². The number of nitrogens with one attached hydrogen (secondary N) is 1. The number of likely N-dealkylation sites (tertiary alicyclic amines) is 1. The maximum atomic E-state index is 12.7. The largest absolute Gasteiger partial charge is 0.339 e. The predicted octanol–water partition coefficient (Wildman–Crippen LogP) is 1.47. The summed E-state index contributed by atoms with van der Waals surface area (Å²) in [6.07, 6.45) is 1.01. The zero-order chi connectivity index (χ0) is 18.9. The summed E-state index contributed by atoms with van der Waals surface area (Å²) in [6, 6.07) is 9.21. The highest BCUT2D eigenvalue weighted by Crippen LogP contribution is 2.28. The Bertz CT molecular complexity index is 708. The van der Waals surface area contributed by atoms with Crippen molar-refractivity contribution in [1.82, 2.24) is 15.1 Å². The average Bonchev–Trinajstić information content (AvgIpc) is 3.15. The highest BCUT2D eigenvalue weighted by atomic mass is 35.5. The first-order valence-electron chi connectivity index (χ1n) is 9.14. The number of rotatable bonds is 5. The number of carbonyl (C=O) groups is 3. The Labute approximate surface area is 165 Å². The van der Waals surface area contributed by atoms with Gasteiger partial charge in [-0.3, -0.25) is 14.5 Å². The van der Waals surface area contributed by atoms with Gasteiger partial charge in [0.05, 0.1) is 0 Å². The number of hydrogen-bond donors (Lipinski definition) is 2. The fourth-order valence-electron chi connectivity index (χ4n) is 3.87. The van der Waals surface area contributed by atoms with E-state index in [9.17, 15) is 14.4 Å². The van der Waals surface area contributed by atoms with Crippen LogP contribution in [0.25, 0.3) is 0 Å². The van der Waals surface area contributed by atoms with E-state index in [2.05, 4.69) is 5.32 Å². The maximum absolute atomic E-state index is 12.7. The van der Waals surface area contributed by atoms with Gasteiger partial charge >= 0.3 is 6.03 Å². The minimum Gasteiger partial charge on any atom is -0.339 e. The number of nitrogens with two attached hydrogens (primary N) is 1. The van der Waals surface area contributed by atoms with Crippen LogP contribution in [0.3, 0.4) is 0 Å². The first-order chi connectivity index (χ1) is 12.4. The molecule has 148 valence electrons. The molecule has 2 aliphatic rings. The molecule has 1 aromatic rings. The summed E-state index contributed by atoms with van der Waals surface area (Å²) < 4.78 is 0. The number of hydrogen-bond acceptors (Lipinski definition) is 4. The lowest BCUT2D eigenvalue weighted by atomic mass is 9.93. The molecule has 2 heterocycles. The molecular weight excluding hydrogens is 368 g/mol. The molecule has 8 heteroatoms. The van der Waals surface area contributed by atoms with Crippen LogP contribution in [0.15, 0.2) is 30.3 Å². The molecule has 0 spiro atoms. The molecule has 0 bridgehead atoms. The minimum atomic E-state index is -0.884. The Morgan fingerprint density at radius 1 is 1.19 bits per heavy atom. The second-order valence-electron chi connectivity index (χ2n) is 7.09. The Kier molecular flexibility index (Phi) is 6.49. The van der Waals surface area contributed by atoms with Crippen LogP contribution in [0.4, 0.5) is 4.79 Å². The van der Waals surface area contributed by atoms with Crippen LogP contribution in [-0.4, -0.2) is 58.9 Å². The van der Waals surface area contributed by atoms with Crippen LogP contribution >= 0.6 is 12.4 Å². The predicted molar refractivity (Wildman–Crippen MR) is 105 cm³/mol. The van der Waals surface area contributed by atoms with E-state index in [1.54, 1.807) is 4.90 Å². The van der Waals surface area contributed by atoms with Crippen molar-refractivity contribution >= 4 is 30.3 Å². The molecule has 7 nitrogen and oxygen atoms in total. The molecule has 0 aromatic heterocycles. The van der Waals surface area contributed by atoms with Crippen molar-refractivity contribution in [2.75, 3.05) is 19.6 Å². The van der Waals surface area contributed by atoms with Gasteiger partial charge in [-0.25, -0.2) is 4.79 Å². The molecule has 1 aromatic carbocycles. The number of halogens is 1. The highest BCUT2D eigenvalue weighted by Gasteiger charge is 2.49. The van der Waals surface area contributed by atoms with Crippen molar-refractivity contribution in [3.05, 3.63) is 35.9 Å². The Hall–Kier alpha value is -2.12. The van der Waals surface area contributed by atoms with E-state index in [-0.39, 0.29) is 42.7 Å². The van der Waals surface area contributed by atoms with Gasteiger partial charge in [0.25, 0.3) is 5.91 Å². The van der Waals surface area contributed by atoms with Crippen molar-refractivity contribution in [3.63, 3.8) is 0 Å². The number of carbonyl (C=O) groups excluding carboxylic acids is 3. The second-order valence-corrected chi connectivity index (χ2v) is 7.09. The van der Waals surface area contributed by atoms with Crippen molar-refractivity contribution < 1.29 is 14.4 Å². The van der Waals surface area contributed by atoms with Crippen molar-refractivity contribution in [2.45, 2.75) is 44.2 Å². The second kappa shape index (κ2) is 8.27. The average molecular weight is 395 g/mol. The van der Waals surface area contributed by atoms with Crippen LogP contribution in [0.1, 0.15) is 38.2 Å². The normalized spacial score (nSPS) is 24.0. The summed E-state index contributed by atoms with van der Waals surface area (Å²) >= 11 is 0. The third-order valence-electron chi connectivity index (χ3n) is 5.69. The van der Waals surface area contributed by atoms with E-state index >= 15 is 0 Å². The lowest BCUT2D eigenvalue weighted by Crippen LogP contribution is -2.47. The van der Waals surface area contributed by atoms with Crippen LogP contribution in [0.5, 0.6) is 0 Å². The molecule has 2 saturated heterocycles. The third kappa shape index (κ3) is 3.80. The summed E-state index contributed by atoms with van der Waals surface area (Å²) in [7, 11) is 0. The molecule has 0 saturated carbocycles. The molecule has 0 aliphatic carbocycles. The number of imide groups is 1. The summed E-state index contributed by atoms with van der Waals surface area (Å²) in [5.41, 5.74) is 6.45. The van der Waals surface area contributed by atoms with E-state index < -0.39 is 11.6 Å². The van der Waals surface area contributed by atoms with Gasteiger partial charge in [-0.1, -0.05) is 44.2 Å². The van der Waals surface area contributed by atoms with Crippen LogP contribution < -0.4 is 11.1 Å². The molecular formula is C19H27ClN4O3. The monoisotopic (exact) mass is 394 g/mol. The molecule has 4 amide bonds. The van der Waals surface area contributed by atoms with Crippen LogP contribution in [0.2, 0.25) is 0 Å². The van der Waals surface area contributed by atoms with E-state index in [4.69, 9.17) is 5.73 Å². The van der Waals surface area contributed by atoms with E-state index in [0.29, 0.717) is 25.9 Å². The lowest BCUT2D eigenvalue weighted by Gasteiger charge is -2.24. The summed E-state index contributed by atoms with van der Waals surface area (Å²) in [6.45, 7) is 4.41. The molecule has 27 heavy (non-hydrogen) atoms.